The molecular formula is C23H23N7O. The van der Waals surface area contributed by atoms with Crippen molar-refractivity contribution >= 4 is 10.9 Å². The van der Waals surface area contributed by atoms with Gasteiger partial charge in [-0.05, 0) is 50.9 Å². The number of aromatic nitrogens is 6. The normalized spacial score (nSPS) is 17.2. The Labute approximate surface area is 179 Å². The van der Waals surface area contributed by atoms with Gasteiger partial charge in [-0.3, -0.25) is 15.1 Å². The summed E-state index contributed by atoms with van der Waals surface area (Å²) >= 11 is 0. The first-order valence-corrected chi connectivity index (χ1v) is 10.8. The lowest BCUT2D eigenvalue weighted by molar-refractivity contribution is 0.155. The van der Waals surface area contributed by atoms with Gasteiger partial charge in [-0.1, -0.05) is 6.07 Å². The summed E-state index contributed by atoms with van der Waals surface area (Å²) in [4.78, 5) is 18.3. The Morgan fingerprint density at radius 1 is 0.871 bits per heavy atom. The zero-order chi connectivity index (χ0) is 20.6. The van der Waals surface area contributed by atoms with Gasteiger partial charge in [0, 0.05) is 23.1 Å². The molecule has 2 fully saturated rings. The van der Waals surface area contributed by atoms with Crippen molar-refractivity contribution in [1.82, 2.24) is 35.5 Å². The van der Waals surface area contributed by atoms with E-state index in [4.69, 9.17) is 14.7 Å². The van der Waals surface area contributed by atoms with E-state index in [1.54, 1.807) is 12.4 Å². The molecule has 4 aromatic rings. The highest BCUT2D eigenvalue weighted by Crippen LogP contribution is 2.39. The number of nitrogens with zero attached hydrogens (tertiary/aromatic N) is 5. The van der Waals surface area contributed by atoms with E-state index in [0.29, 0.717) is 17.5 Å². The van der Waals surface area contributed by atoms with E-state index in [1.165, 1.54) is 12.8 Å². The quantitative estimate of drug-likeness (QED) is 0.516. The minimum atomic E-state index is 0.172. The van der Waals surface area contributed by atoms with E-state index in [1.807, 2.05) is 24.5 Å². The molecule has 1 saturated heterocycles. The topological polar surface area (TPSA) is 102 Å². The van der Waals surface area contributed by atoms with Crippen molar-refractivity contribution in [3.63, 3.8) is 0 Å². The lowest BCUT2D eigenvalue weighted by Crippen LogP contribution is -2.34. The Morgan fingerprint density at radius 3 is 2.58 bits per heavy atom. The minimum absolute atomic E-state index is 0.172. The fourth-order valence-corrected chi connectivity index (χ4v) is 4.07. The Balaban J connectivity index is 1.34. The van der Waals surface area contributed by atoms with Gasteiger partial charge in [-0.2, -0.15) is 5.10 Å². The predicted octanol–water partition coefficient (Wildman–Crippen LogP) is 3.49. The van der Waals surface area contributed by atoms with Gasteiger partial charge in [0.1, 0.15) is 17.5 Å². The van der Waals surface area contributed by atoms with Gasteiger partial charge in [0.05, 0.1) is 35.5 Å². The van der Waals surface area contributed by atoms with Crippen LogP contribution in [0, 0.1) is 0 Å². The van der Waals surface area contributed by atoms with Crippen LogP contribution in [0.3, 0.4) is 0 Å². The van der Waals surface area contributed by atoms with E-state index in [0.717, 1.165) is 59.5 Å². The standard InChI is InChI=1S/C23H23N7O/c1-2-14(1)19-10-25-11-20(27-19)15-3-4-18-17(9-15)23(30-29-18)21-12-26-13-22(28-21)31-16-5-7-24-8-6-16/h3-4,9-14,16,24H,1-2,5-8H2,(H,29,30). The summed E-state index contributed by atoms with van der Waals surface area (Å²) in [5.74, 6) is 1.11. The molecule has 4 heterocycles. The maximum Gasteiger partial charge on any atom is 0.233 e. The molecule has 1 aliphatic carbocycles. The van der Waals surface area contributed by atoms with Crippen molar-refractivity contribution in [1.29, 1.82) is 0 Å². The summed E-state index contributed by atoms with van der Waals surface area (Å²) in [6.07, 6.45) is 11.6. The summed E-state index contributed by atoms with van der Waals surface area (Å²) in [6.45, 7) is 1.94. The van der Waals surface area contributed by atoms with Crippen LogP contribution in [0.2, 0.25) is 0 Å². The number of ether oxygens (including phenoxy) is 1. The minimum Gasteiger partial charge on any atom is -0.473 e. The Morgan fingerprint density at radius 2 is 1.71 bits per heavy atom. The van der Waals surface area contributed by atoms with Crippen LogP contribution < -0.4 is 10.1 Å². The number of H-pyrrole nitrogens is 1. The molecule has 0 spiro atoms. The van der Waals surface area contributed by atoms with E-state index >= 15 is 0 Å². The van der Waals surface area contributed by atoms with Crippen molar-refractivity contribution in [3.05, 3.63) is 48.7 Å². The molecule has 1 aliphatic heterocycles. The fraction of sp³-hybridized carbons (Fsp3) is 0.348. The summed E-state index contributed by atoms with van der Waals surface area (Å²) < 4.78 is 6.07. The smallest absolute Gasteiger partial charge is 0.233 e. The van der Waals surface area contributed by atoms with Gasteiger partial charge < -0.3 is 10.1 Å². The van der Waals surface area contributed by atoms with Crippen LogP contribution in [0.4, 0.5) is 0 Å². The van der Waals surface area contributed by atoms with Crippen LogP contribution in [-0.2, 0) is 0 Å². The third kappa shape index (κ3) is 3.74. The highest BCUT2D eigenvalue weighted by atomic mass is 16.5. The third-order valence-electron chi connectivity index (χ3n) is 5.94. The second-order valence-electron chi connectivity index (χ2n) is 8.25. The van der Waals surface area contributed by atoms with Gasteiger partial charge in [0.2, 0.25) is 5.88 Å². The average Bonchev–Trinajstić information content (AvgIpc) is 3.59. The largest absolute Gasteiger partial charge is 0.473 e. The van der Waals surface area contributed by atoms with E-state index < -0.39 is 0 Å². The molecular weight excluding hydrogens is 390 g/mol. The first-order valence-electron chi connectivity index (χ1n) is 10.8. The van der Waals surface area contributed by atoms with Gasteiger partial charge in [0.25, 0.3) is 0 Å². The number of rotatable bonds is 5. The summed E-state index contributed by atoms with van der Waals surface area (Å²) in [7, 11) is 0. The van der Waals surface area contributed by atoms with Crippen molar-refractivity contribution in [3.8, 4) is 28.5 Å². The Hall–Kier alpha value is -3.39. The molecule has 3 aromatic heterocycles. The van der Waals surface area contributed by atoms with E-state index in [-0.39, 0.29) is 6.10 Å². The highest BCUT2D eigenvalue weighted by Gasteiger charge is 2.25. The van der Waals surface area contributed by atoms with Gasteiger partial charge >= 0.3 is 0 Å². The number of piperidine rings is 1. The van der Waals surface area contributed by atoms with Crippen LogP contribution in [0.25, 0.3) is 33.5 Å². The van der Waals surface area contributed by atoms with Crippen LogP contribution in [0.5, 0.6) is 5.88 Å². The monoisotopic (exact) mass is 413 g/mol. The molecule has 1 saturated carbocycles. The van der Waals surface area contributed by atoms with Crippen LogP contribution in [-0.4, -0.2) is 49.3 Å². The average molecular weight is 413 g/mol. The van der Waals surface area contributed by atoms with Crippen LogP contribution in [0.15, 0.2) is 43.0 Å². The molecule has 0 atom stereocenters. The van der Waals surface area contributed by atoms with Crippen molar-refractivity contribution < 1.29 is 4.74 Å². The molecule has 0 amide bonds. The molecule has 31 heavy (non-hydrogen) atoms. The molecule has 2 aliphatic rings. The third-order valence-corrected chi connectivity index (χ3v) is 5.94. The number of benzene rings is 1. The SMILES string of the molecule is c1cc2[nH]nc(-c3cncc(OC4CCNCC4)n3)c2cc1-c1cncc(C2CC2)n1. The second kappa shape index (κ2) is 7.70. The maximum atomic E-state index is 6.07. The molecule has 0 unspecified atom stereocenters. The maximum absolute atomic E-state index is 6.07. The van der Waals surface area contributed by atoms with Crippen LogP contribution >= 0.6 is 0 Å². The molecule has 2 N–H and O–H groups in total. The molecule has 8 heteroatoms. The zero-order valence-corrected chi connectivity index (χ0v) is 17.1. The number of fused-ring (bicyclic) bond motifs is 1. The van der Waals surface area contributed by atoms with Crippen molar-refractivity contribution in [2.45, 2.75) is 37.7 Å². The molecule has 156 valence electrons. The van der Waals surface area contributed by atoms with Crippen molar-refractivity contribution in [2.24, 2.45) is 0 Å². The van der Waals surface area contributed by atoms with Gasteiger partial charge in [-0.15, -0.1) is 0 Å². The lowest BCUT2D eigenvalue weighted by Gasteiger charge is -2.23. The van der Waals surface area contributed by atoms with Gasteiger partial charge in [-0.25, -0.2) is 9.97 Å². The second-order valence-corrected chi connectivity index (χ2v) is 8.25. The zero-order valence-electron chi connectivity index (χ0n) is 17.1. The first-order chi connectivity index (χ1) is 15.3. The molecule has 8 nitrogen and oxygen atoms in total. The van der Waals surface area contributed by atoms with Crippen LogP contribution in [0.1, 0.15) is 37.3 Å². The molecule has 6 rings (SSSR count). The highest BCUT2D eigenvalue weighted by molar-refractivity contribution is 5.94. The van der Waals surface area contributed by atoms with E-state index in [9.17, 15) is 0 Å². The number of hydrogen-bond donors (Lipinski definition) is 2. The number of hydrogen-bond acceptors (Lipinski definition) is 7. The molecule has 1 aromatic carbocycles. The molecule has 0 radical (unpaired) electrons. The summed E-state index contributed by atoms with van der Waals surface area (Å²) in [5.41, 5.74) is 5.36. The van der Waals surface area contributed by atoms with Gasteiger partial charge in [0.15, 0.2) is 0 Å². The molecule has 0 bridgehead atoms. The summed E-state index contributed by atoms with van der Waals surface area (Å²) in [5, 5.41) is 11.9. The van der Waals surface area contributed by atoms with Crippen molar-refractivity contribution in [2.75, 3.05) is 13.1 Å². The Kier molecular flexibility index (Phi) is 4.57. The first kappa shape index (κ1) is 18.4. The Bertz CT molecular complexity index is 1230. The number of aromatic amines is 1. The summed E-state index contributed by atoms with van der Waals surface area (Å²) in [6, 6.07) is 6.17. The fourth-order valence-electron chi connectivity index (χ4n) is 4.07. The lowest BCUT2D eigenvalue weighted by atomic mass is 10.1. The number of nitrogens with one attached hydrogen (secondary N) is 2. The van der Waals surface area contributed by atoms with E-state index in [2.05, 4.69) is 31.5 Å². The predicted molar refractivity (Wildman–Crippen MR) is 117 cm³/mol.